The predicted molar refractivity (Wildman–Crippen MR) is 265 cm³/mol. The smallest absolute Gasteiger partial charge is 0.0713 e. The van der Waals surface area contributed by atoms with Crippen molar-refractivity contribution in [3.63, 3.8) is 0 Å². The Kier molecular flexibility index (Phi) is 7.98. The van der Waals surface area contributed by atoms with Crippen molar-refractivity contribution >= 4 is 49.3 Å². The molecule has 296 valence electrons. The van der Waals surface area contributed by atoms with E-state index in [-0.39, 0.29) is 0 Å². The van der Waals surface area contributed by atoms with Gasteiger partial charge in [-0.3, -0.25) is 0 Å². The predicted octanol–water partition coefficient (Wildman–Crippen LogP) is 15.8. The molecular weight excluding hydrogens is 761 g/mol. The molecule has 11 aromatic rings. The fourth-order valence-corrected chi connectivity index (χ4v) is 11.2. The summed E-state index contributed by atoms with van der Waals surface area (Å²) >= 11 is 0. The summed E-state index contributed by atoms with van der Waals surface area (Å²) < 4.78 is 4.97. The van der Waals surface area contributed by atoms with Crippen molar-refractivity contribution in [3.8, 4) is 39.1 Å². The topological polar surface area (TPSA) is 9.86 Å². The lowest BCUT2D eigenvalue weighted by Crippen LogP contribution is -2.28. The van der Waals surface area contributed by atoms with Crippen LogP contribution in [0.15, 0.2) is 231 Å². The van der Waals surface area contributed by atoms with Crippen LogP contribution in [0.5, 0.6) is 0 Å². The molecule has 0 N–H and O–H groups in total. The summed E-state index contributed by atoms with van der Waals surface area (Å²) in [6.07, 6.45) is 9.13. The maximum Gasteiger partial charge on any atom is 0.0713 e. The summed E-state index contributed by atoms with van der Waals surface area (Å²) in [4.78, 5) is 0. The third kappa shape index (κ3) is 5.25. The van der Waals surface area contributed by atoms with Gasteiger partial charge in [0.2, 0.25) is 0 Å². The van der Waals surface area contributed by atoms with Crippen molar-refractivity contribution in [1.29, 1.82) is 0 Å². The van der Waals surface area contributed by atoms with Gasteiger partial charge in [0.1, 0.15) is 0 Å². The van der Waals surface area contributed by atoms with Gasteiger partial charge in [-0.15, -0.1) is 0 Å². The van der Waals surface area contributed by atoms with Crippen LogP contribution in [0.25, 0.3) is 88.4 Å². The molecular formula is C61H42N2. The van der Waals surface area contributed by atoms with Crippen LogP contribution in [0.3, 0.4) is 0 Å². The first-order valence-corrected chi connectivity index (χ1v) is 22.2. The minimum Gasteiger partial charge on any atom is -0.310 e. The van der Waals surface area contributed by atoms with Gasteiger partial charge < -0.3 is 9.13 Å². The minimum absolute atomic E-state index is 0.487. The molecule has 0 saturated heterocycles. The molecule has 2 nitrogen and oxygen atoms in total. The van der Waals surface area contributed by atoms with Crippen LogP contribution in [0.1, 0.15) is 35.1 Å². The first-order valence-electron chi connectivity index (χ1n) is 22.2. The zero-order valence-electron chi connectivity index (χ0n) is 34.7. The Labute approximate surface area is 367 Å². The van der Waals surface area contributed by atoms with Crippen LogP contribution < -0.4 is 0 Å². The first-order chi connectivity index (χ1) is 31.3. The molecule has 0 radical (unpaired) electrons. The zero-order valence-corrected chi connectivity index (χ0v) is 34.7. The molecule has 2 heterocycles. The van der Waals surface area contributed by atoms with Gasteiger partial charge in [0, 0.05) is 38.5 Å². The minimum atomic E-state index is -0.487. The van der Waals surface area contributed by atoms with E-state index in [4.69, 9.17) is 0 Å². The van der Waals surface area contributed by atoms with E-state index in [0.29, 0.717) is 0 Å². The quantitative estimate of drug-likeness (QED) is 0.158. The highest BCUT2D eigenvalue weighted by atomic mass is 15.0. The Morgan fingerprint density at radius 3 is 1.76 bits per heavy atom. The standard InChI is InChI=1S/C61H42N2/c1-4-18-41(19-5-1)42-20-16-25-47(38-42)63-57-33-15-12-28-51(57)52-30-17-29-48(60(52)63)43-34-36-58-53(39-43)54-40-45(35-37-59(54)62(58)46-23-8-3-9-24-46)61(44-21-6-2-7-22-44)55-31-13-10-26-49(55)50-27-11-14-32-56(50)61/h1-2,4-8,10-40H,3,9H2. The molecule has 0 atom stereocenters. The molecule has 9 aromatic carbocycles. The second-order valence-electron chi connectivity index (χ2n) is 17.1. The van der Waals surface area contributed by atoms with Crippen LogP contribution in [0.4, 0.5) is 0 Å². The first kappa shape index (κ1) is 35.8. The summed E-state index contributed by atoms with van der Waals surface area (Å²) in [5, 5.41) is 5.00. The summed E-state index contributed by atoms with van der Waals surface area (Å²) in [7, 11) is 0. The van der Waals surface area contributed by atoms with E-state index in [1.165, 1.54) is 105 Å². The van der Waals surface area contributed by atoms with Crippen molar-refractivity contribution in [2.45, 2.75) is 18.3 Å². The summed E-state index contributed by atoms with van der Waals surface area (Å²) in [5.41, 5.74) is 19.4. The number of fused-ring (bicyclic) bond motifs is 9. The second kappa shape index (κ2) is 14.1. The lowest BCUT2D eigenvalue weighted by atomic mass is 9.67. The van der Waals surface area contributed by atoms with Gasteiger partial charge in [0.05, 0.1) is 27.5 Å². The van der Waals surface area contributed by atoms with Gasteiger partial charge in [-0.2, -0.15) is 0 Å². The molecule has 2 heteroatoms. The molecule has 13 rings (SSSR count). The van der Waals surface area contributed by atoms with Crippen LogP contribution in [0, 0.1) is 0 Å². The number of aromatic nitrogens is 2. The molecule has 0 spiro atoms. The van der Waals surface area contributed by atoms with E-state index in [1.54, 1.807) is 0 Å². The molecule has 2 aliphatic rings. The Balaban J connectivity index is 1.09. The molecule has 0 fully saturated rings. The highest BCUT2D eigenvalue weighted by Crippen LogP contribution is 2.56. The van der Waals surface area contributed by atoms with Crippen LogP contribution in [-0.2, 0) is 5.41 Å². The molecule has 0 unspecified atom stereocenters. The van der Waals surface area contributed by atoms with Crippen molar-refractivity contribution in [3.05, 3.63) is 253 Å². The molecule has 0 bridgehead atoms. The van der Waals surface area contributed by atoms with E-state index in [2.05, 4.69) is 240 Å². The molecule has 2 aromatic heterocycles. The van der Waals surface area contributed by atoms with Crippen molar-refractivity contribution in [2.24, 2.45) is 0 Å². The van der Waals surface area contributed by atoms with Crippen LogP contribution in [0.2, 0.25) is 0 Å². The number of hydrogen-bond donors (Lipinski definition) is 0. The average molecular weight is 803 g/mol. The highest BCUT2D eigenvalue weighted by molar-refractivity contribution is 6.16. The maximum atomic E-state index is 2.52. The molecule has 0 amide bonds. The second-order valence-corrected chi connectivity index (χ2v) is 17.1. The van der Waals surface area contributed by atoms with E-state index in [1.807, 2.05) is 0 Å². The third-order valence-electron chi connectivity index (χ3n) is 13.8. The lowest BCUT2D eigenvalue weighted by Gasteiger charge is -2.34. The van der Waals surface area contributed by atoms with Gasteiger partial charge in [0.25, 0.3) is 0 Å². The maximum absolute atomic E-state index is 2.52. The number of benzene rings is 9. The van der Waals surface area contributed by atoms with E-state index in [0.717, 1.165) is 18.5 Å². The fraction of sp³-hybridized carbons (Fsp3) is 0.0492. The van der Waals surface area contributed by atoms with E-state index < -0.39 is 5.41 Å². The highest BCUT2D eigenvalue weighted by Gasteiger charge is 2.46. The molecule has 0 saturated carbocycles. The normalized spacial score (nSPS) is 14.1. The Bertz CT molecular complexity index is 3630. The number of allylic oxidation sites excluding steroid dienone is 4. The number of nitrogens with zero attached hydrogens (tertiary/aromatic N) is 2. The SMILES string of the molecule is C1=CC(n2c3ccc(-c4cccc5c6ccccc6n(-c6cccc(-c7ccccc7)c6)c45)cc3c3cc(C4(c5ccccc5)c5ccccc5-c5ccccc54)ccc32)=CCC1. The summed E-state index contributed by atoms with van der Waals surface area (Å²) in [5.74, 6) is 0. The lowest BCUT2D eigenvalue weighted by molar-refractivity contribution is 0.770. The fourth-order valence-electron chi connectivity index (χ4n) is 11.2. The van der Waals surface area contributed by atoms with E-state index in [9.17, 15) is 0 Å². The molecule has 63 heavy (non-hydrogen) atoms. The van der Waals surface area contributed by atoms with E-state index >= 15 is 0 Å². The van der Waals surface area contributed by atoms with Gasteiger partial charge >= 0.3 is 0 Å². The zero-order chi connectivity index (χ0) is 41.5. The Morgan fingerprint density at radius 2 is 0.984 bits per heavy atom. The van der Waals surface area contributed by atoms with Gasteiger partial charge in [-0.05, 0) is 111 Å². The molecule has 0 aliphatic heterocycles. The number of para-hydroxylation sites is 2. The Morgan fingerprint density at radius 1 is 0.365 bits per heavy atom. The third-order valence-corrected chi connectivity index (χ3v) is 13.8. The van der Waals surface area contributed by atoms with Crippen molar-refractivity contribution in [2.75, 3.05) is 0 Å². The van der Waals surface area contributed by atoms with Crippen LogP contribution >= 0.6 is 0 Å². The summed E-state index contributed by atoms with van der Waals surface area (Å²) in [6, 6.07) is 79.1. The van der Waals surface area contributed by atoms with Gasteiger partial charge in [-0.25, -0.2) is 0 Å². The number of rotatable bonds is 6. The van der Waals surface area contributed by atoms with Crippen molar-refractivity contribution < 1.29 is 0 Å². The average Bonchev–Trinajstić information content (AvgIpc) is 3.99. The largest absolute Gasteiger partial charge is 0.310 e. The van der Waals surface area contributed by atoms with Gasteiger partial charge in [-0.1, -0.05) is 182 Å². The Hall–Kier alpha value is -7.94. The van der Waals surface area contributed by atoms with Gasteiger partial charge in [0.15, 0.2) is 0 Å². The monoisotopic (exact) mass is 802 g/mol. The summed E-state index contributed by atoms with van der Waals surface area (Å²) in [6.45, 7) is 0. The van der Waals surface area contributed by atoms with Crippen LogP contribution in [-0.4, -0.2) is 9.13 Å². The molecule has 2 aliphatic carbocycles. The number of hydrogen-bond acceptors (Lipinski definition) is 0. The van der Waals surface area contributed by atoms with Crippen molar-refractivity contribution in [1.82, 2.24) is 9.13 Å².